The SMILES string of the molecule is [B]CC(=O)Oc1ccc(NC(N)=O)cc1. The molecule has 0 aliphatic rings. The summed E-state index contributed by atoms with van der Waals surface area (Å²) in [5, 5.41) is 2.37. The van der Waals surface area contributed by atoms with Gasteiger partial charge in [0.2, 0.25) is 0 Å². The van der Waals surface area contributed by atoms with Crippen molar-refractivity contribution < 1.29 is 14.3 Å². The van der Waals surface area contributed by atoms with E-state index in [-0.39, 0.29) is 6.32 Å². The number of nitrogens with two attached hydrogens (primary N) is 1. The number of benzene rings is 1. The number of primary amides is 1. The maximum Gasteiger partial charge on any atom is 0.316 e. The quantitative estimate of drug-likeness (QED) is 0.431. The summed E-state index contributed by atoms with van der Waals surface area (Å²) in [5.74, 6) is -0.161. The fraction of sp³-hybridized carbons (Fsp3) is 0.111. The van der Waals surface area contributed by atoms with Crippen LogP contribution in [0, 0.1) is 0 Å². The largest absolute Gasteiger partial charge is 0.427 e. The van der Waals surface area contributed by atoms with Gasteiger partial charge < -0.3 is 15.8 Å². The van der Waals surface area contributed by atoms with Gasteiger partial charge in [-0.2, -0.15) is 0 Å². The van der Waals surface area contributed by atoms with Crippen LogP contribution in [0.1, 0.15) is 0 Å². The Bertz CT molecular complexity index is 364. The summed E-state index contributed by atoms with van der Waals surface area (Å²) in [7, 11) is 5.07. The summed E-state index contributed by atoms with van der Waals surface area (Å²) in [4.78, 5) is 21.3. The van der Waals surface area contributed by atoms with Gasteiger partial charge in [-0.25, -0.2) is 4.79 Å². The second-order valence-corrected chi connectivity index (χ2v) is 2.69. The Hall–Kier alpha value is -1.98. The average Bonchev–Trinajstić information content (AvgIpc) is 2.20. The highest BCUT2D eigenvalue weighted by Crippen LogP contribution is 2.15. The minimum absolute atomic E-state index is 0.179. The summed E-state index contributed by atoms with van der Waals surface area (Å²) in [6.07, 6.45) is -0.179. The van der Waals surface area contributed by atoms with E-state index in [0.717, 1.165) is 0 Å². The van der Waals surface area contributed by atoms with Crippen LogP contribution in [0.25, 0.3) is 0 Å². The standard InChI is InChI=1S/C9H9BN2O3/c10-5-8(13)15-7-3-1-6(2-4-7)12-9(11)14/h1-4H,5H2,(H3,11,12,14). The Morgan fingerprint density at radius 1 is 1.33 bits per heavy atom. The molecule has 0 unspecified atom stereocenters. The Morgan fingerprint density at radius 2 is 1.93 bits per heavy atom. The monoisotopic (exact) mass is 204 g/mol. The van der Waals surface area contributed by atoms with Gasteiger partial charge in [0.15, 0.2) is 0 Å². The number of urea groups is 1. The molecule has 0 aromatic heterocycles. The number of nitrogens with one attached hydrogen (secondary N) is 1. The fourth-order valence-electron chi connectivity index (χ4n) is 0.922. The van der Waals surface area contributed by atoms with Gasteiger partial charge in [-0.15, -0.1) is 0 Å². The molecule has 0 aliphatic carbocycles. The van der Waals surface area contributed by atoms with Gasteiger partial charge in [0.25, 0.3) is 0 Å². The predicted octanol–water partition coefficient (Wildman–Crippen LogP) is 0.669. The molecule has 2 amide bonds. The van der Waals surface area contributed by atoms with Crippen molar-refractivity contribution in [2.75, 3.05) is 5.32 Å². The molecular weight excluding hydrogens is 195 g/mol. The van der Waals surface area contributed by atoms with Gasteiger partial charge in [0, 0.05) is 12.0 Å². The summed E-state index contributed by atoms with van der Waals surface area (Å²) in [6.45, 7) is 0. The third kappa shape index (κ3) is 3.72. The van der Waals surface area contributed by atoms with Crippen LogP contribution in [0.15, 0.2) is 24.3 Å². The summed E-state index contributed by atoms with van der Waals surface area (Å²) in [6, 6.07) is 5.52. The Balaban J connectivity index is 2.64. The zero-order valence-corrected chi connectivity index (χ0v) is 7.90. The molecule has 1 aromatic rings. The van der Waals surface area contributed by atoms with Crippen LogP contribution in [0.4, 0.5) is 10.5 Å². The molecule has 0 fully saturated rings. The van der Waals surface area contributed by atoms with Crippen molar-refractivity contribution in [3.63, 3.8) is 0 Å². The minimum Gasteiger partial charge on any atom is -0.427 e. The van der Waals surface area contributed by atoms with E-state index in [4.69, 9.17) is 18.3 Å². The zero-order chi connectivity index (χ0) is 11.3. The van der Waals surface area contributed by atoms with Crippen molar-refractivity contribution in [2.45, 2.75) is 6.32 Å². The highest BCUT2D eigenvalue weighted by atomic mass is 16.5. The number of hydrogen-bond acceptors (Lipinski definition) is 3. The first-order chi connectivity index (χ1) is 7.11. The lowest BCUT2D eigenvalue weighted by molar-refractivity contribution is -0.131. The maximum absolute atomic E-state index is 10.8. The molecule has 5 nitrogen and oxygen atoms in total. The normalized spacial score (nSPS) is 9.33. The van der Waals surface area contributed by atoms with E-state index in [0.29, 0.717) is 11.4 Å². The highest BCUT2D eigenvalue weighted by Gasteiger charge is 2.01. The van der Waals surface area contributed by atoms with Crippen molar-refractivity contribution in [3.05, 3.63) is 24.3 Å². The van der Waals surface area contributed by atoms with Crippen LogP contribution in [0.2, 0.25) is 6.32 Å². The molecule has 1 aromatic carbocycles. The molecule has 0 aliphatic heterocycles. The number of esters is 1. The molecule has 0 spiro atoms. The first kappa shape index (κ1) is 11.1. The smallest absolute Gasteiger partial charge is 0.316 e. The number of amides is 2. The molecular formula is C9H9BN2O3. The van der Waals surface area contributed by atoms with Crippen LogP contribution in [-0.4, -0.2) is 19.8 Å². The molecule has 2 radical (unpaired) electrons. The lowest BCUT2D eigenvalue weighted by atomic mass is 10.1. The molecule has 0 saturated carbocycles. The van der Waals surface area contributed by atoms with Crippen LogP contribution < -0.4 is 15.8 Å². The van der Waals surface area contributed by atoms with Crippen molar-refractivity contribution in [2.24, 2.45) is 5.73 Å². The van der Waals surface area contributed by atoms with Crippen LogP contribution in [0.5, 0.6) is 5.75 Å². The van der Waals surface area contributed by atoms with Gasteiger partial charge in [0.05, 0.1) is 7.85 Å². The molecule has 0 heterocycles. The van der Waals surface area contributed by atoms with Gasteiger partial charge in [-0.3, -0.25) is 4.79 Å². The average molecular weight is 204 g/mol. The number of anilines is 1. The van der Waals surface area contributed by atoms with Gasteiger partial charge in [-0.1, -0.05) is 0 Å². The number of rotatable bonds is 3. The summed E-state index contributed by atoms with van der Waals surface area (Å²) in [5.41, 5.74) is 5.44. The molecule has 76 valence electrons. The minimum atomic E-state index is -0.651. The molecule has 0 bridgehead atoms. The van der Waals surface area contributed by atoms with Crippen LogP contribution in [0.3, 0.4) is 0 Å². The van der Waals surface area contributed by atoms with E-state index in [1.165, 1.54) is 12.1 Å². The summed E-state index contributed by atoms with van der Waals surface area (Å²) < 4.78 is 4.82. The number of hydrogen-bond donors (Lipinski definition) is 2. The Morgan fingerprint density at radius 3 is 2.40 bits per heavy atom. The van der Waals surface area contributed by atoms with E-state index < -0.39 is 12.0 Å². The molecule has 6 heteroatoms. The second-order valence-electron chi connectivity index (χ2n) is 2.69. The fourth-order valence-corrected chi connectivity index (χ4v) is 0.922. The first-order valence-electron chi connectivity index (χ1n) is 4.19. The molecule has 3 N–H and O–H groups in total. The van der Waals surface area contributed by atoms with E-state index in [2.05, 4.69) is 5.32 Å². The summed E-state index contributed by atoms with van der Waals surface area (Å²) >= 11 is 0. The first-order valence-corrected chi connectivity index (χ1v) is 4.19. The van der Waals surface area contributed by atoms with Crippen LogP contribution >= 0.6 is 0 Å². The topological polar surface area (TPSA) is 81.4 Å². The van der Waals surface area contributed by atoms with Gasteiger partial charge in [0.1, 0.15) is 5.75 Å². The lowest BCUT2D eigenvalue weighted by Gasteiger charge is -2.04. The van der Waals surface area contributed by atoms with Gasteiger partial charge >= 0.3 is 12.0 Å². The lowest BCUT2D eigenvalue weighted by Crippen LogP contribution is -2.19. The van der Waals surface area contributed by atoms with E-state index in [1.807, 2.05) is 0 Å². The van der Waals surface area contributed by atoms with E-state index in [9.17, 15) is 9.59 Å². The van der Waals surface area contributed by atoms with Crippen LogP contribution in [-0.2, 0) is 4.79 Å². The highest BCUT2D eigenvalue weighted by molar-refractivity contribution is 6.18. The van der Waals surface area contributed by atoms with E-state index in [1.54, 1.807) is 12.1 Å². The third-order valence-corrected chi connectivity index (χ3v) is 1.52. The molecule has 0 saturated heterocycles. The van der Waals surface area contributed by atoms with E-state index >= 15 is 0 Å². The second kappa shape index (κ2) is 5.04. The number of ether oxygens (including phenoxy) is 1. The van der Waals surface area contributed by atoms with Gasteiger partial charge in [-0.05, 0) is 24.3 Å². The number of carbonyl (C=O) groups excluding carboxylic acids is 2. The third-order valence-electron chi connectivity index (χ3n) is 1.52. The maximum atomic E-state index is 10.8. The van der Waals surface area contributed by atoms with Crippen molar-refractivity contribution in [1.82, 2.24) is 0 Å². The van der Waals surface area contributed by atoms with Crippen molar-refractivity contribution in [1.29, 1.82) is 0 Å². The Labute approximate surface area is 88.0 Å². The zero-order valence-electron chi connectivity index (χ0n) is 7.90. The number of carbonyl (C=O) groups is 2. The molecule has 1 rings (SSSR count). The molecule has 0 atom stereocenters. The Kier molecular flexibility index (Phi) is 3.73. The van der Waals surface area contributed by atoms with Crippen molar-refractivity contribution >= 4 is 25.5 Å². The molecule has 15 heavy (non-hydrogen) atoms. The van der Waals surface area contributed by atoms with Crippen molar-refractivity contribution in [3.8, 4) is 5.75 Å². The predicted molar refractivity (Wildman–Crippen MR) is 55.8 cm³/mol.